The molecule has 0 amide bonds. The highest BCUT2D eigenvalue weighted by Gasteiger charge is 2.48. The van der Waals surface area contributed by atoms with Crippen LogP contribution in [0.3, 0.4) is 0 Å². The lowest BCUT2D eigenvalue weighted by atomic mass is 9.90. The molecule has 0 aliphatic rings. The van der Waals surface area contributed by atoms with E-state index < -0.39 is 44.0 Å². The standard InChI is InChI=1S/C20H22NO6P/c1-13-7-5-6-10-16(13)21-18(14-8-3-2-4-9-14)19(28(26)27)15(20(24)25)11-12-17(22)23/h2-10,15,18-19,21H,11-12H2,1H3,(H2-,22,23,24,25,26,27)/p+1. The number of nitrogens with one attached hydrogen (secondary N) is 1. The second kappa shape index (κ2) is 9.97. The van der Waals surface area contributed by atoms with Crippen LogP contribution in [-0.2, 0) is 14.2 Å². The van der Waals surface area contributed by atoms with E-state index in [1.54, 1.807) is 36.4 Å². The molecule has 7 nitrogen and oxygen atoms in total. The van der Waals surface area contributed by atoms with Gasteiger partial charge in [-0.25, -0.2) is 0 Å². The first kappa shape index (κ1) is 21.5. The van der Waals surface area contributed by atoms with Gasteiger partial charge in [0.05, 0.1) is 0 Å². The van der Waals surface area contributed by atoms with Crippen molar-refractivity contribution in [2.24, 2.45) is 5.92 Å². The van der Waals surface area contributed by atoms with Gasteiger partial charge in [0, 0.05) is 12.1 Å². The predicted molar refractivity (Wildman–Crippen MR) is 106 cm³/mol. The van der Waals surface area contributed by atoms with E-state index in [4.69, 9.17) is 5.11 Å². The van der Waals surface area contributed by atoms with Crippen LogP contribution in [-0.4, -0.2) is 32.7 Å². The maximum Gasteiger partial charge on any atom is 0.512 e. The first-order chi connectivity index (χ1) is 13.3. The molecule has 0 aliphatic carbocycles. The smallest absolute Gasteiger partial charge is 0.481 e. The quantitative estimate of drug-likeness (QED) is 0.444. The maximum atomic E-state index is 12.3. The van der Waals surface area contributed by atoms with E-state index in [0.717, 1.165) is 5.56 Å². The van der Waals surface area contributed by atoms with E-state index in [9.17, 15) is 24.2 Å². The summed E-state index contributed by atoms with van der Waals surface area (Å²) in [5.74, 6) is -3.75. The Morgan fingerprint density at radius 1 is 1.04 bits per heavy atom. The minimum Gasteiger partial charge on any atom is -0.481 e. The lowest BCUT2D eigenvalue weighted by Crippen LogP contribution is -2.35. The Bertz CT molecular complexity index is 842. The topological polar surface area (TPSA) is 124 Å². The monoisotopic (exact) mass is 404 g/mol. The van der Waals surface area contributed by atoms with Crippen molar-refractivity contribution in [3.63, 3.8) is 0 Å². The van der Waals surface area contributed by atoms with E-state index in [2.05, 4.69) is 5.32 Å². The van der Waals surface area contributed by atoms with Crippen molar-refractivity contribution in [2.75, 3.05) is 5.32 Å². The zero-order valence-corrected chi connectivity index (χ0v) is 16.3. The zero-order valence-electron chi connectivity index (χ0n) is 15.4. The van der Waals surface area contributed by atoms with Crippen LogP contribution in [0, 0.1) is 12.8 Å². The lowest BCUT2D eigenvalue weighted by molar-refractivity contribution is -0.143. The van der Waals surface area contributed by atoms with Crippen LogP contribution in [0.4, 0.5) is 5.69 Å². The third-order valence-corrected chi connectivity index (χ3v) is 5.78. The molecule has 8 heteroatoms. The molecule has 4 unspecified atom stereocenters. The second-order valence-corrected chi connectivity index (χ2v) is 7.72. The number of rotatable bonds is 10. The fraction of sp³-hybridized carbons (Fsp3) is 0.300. The molecule has 0 heterocycles. The fourth-order valence-electron chi connectivity index (χ4n) is 3.16. The molecule has 0 bridgehead atoms. The number of carboxylic acid groups (broad SMARTS) is 2. The van der Waals surface area contributed by atoms with E-state index >= 15 is 0 Å². The van der Waals surface area contributed by atoms with Crippen LogP contribution >= 0.6 is 8.03 Å². The average molecular weight is 404 g/mol. The highest BCUT2D eigenvalue weighted by molar-refractivity contribution is 7.39. The number of carbonyl (C=O) groups is 2. The second-order valence-electron chi connectivity index (χ2n) is 6.52. The Labute approximate surface area is 163 Å². The number of aliphatic carboxylic acids is 2. The number of anilines is 1. The van der Waals surface area contributed by atoms with Crippen LogP contribution in [0.15, 0.2) is 54.6 Å². The van der Waals surface area contributed by atoms with E-state index in [0.29, 0.717) is 11.3 Å². The van der Waals surface area contributed by atoms with Gasteiger partial charge in [-0.05, 0) is 35.1 Å². The first-order valence-electron chi connectivity index (χ1n) is 8.78. The predicted octanol–water partition coefficient (Wildman–Crippen LogP) is 3.82. The summed E-state index contributed by atoms with van der Waals surface area (Å²) >= 11 is 0. The number of benzene rings is 2. The van der Waals surface area contributed by atoms with Gasteiger partial charge in [-0.3, -0.25) is 9.59 Å². The maximum absolute atomic E-state index is 12.3. The van der Waals surface area contributed by atoms with Crippen LogP contribution in [0.25, 0.3) is 0 Å². The van der Waals surface area contributed by atoms with Gasteiger partial charge in [0.25, 0.3) is 0 Å². The van der Waals surface area contributed by atoms with Gasteiger partial charge < -0.3 is 15.5 Å². The molecule has 2 aromatic rings. The Morgan fingerprint density at radius 3 is 2.18 bits per heavy atom. The van der Waals surface area contributed by atoms with Gasteiger partial charge in [0.15, 0.2) is 0 Å². The number of hydrogen-bond donors (Lipinski definition) is 4. The molecule has 0 aliphatic heterocycles. The summed E-state index contributed by atoms with van der Waals surface area (Å²) in [6.45, 7) is 1.87. The number of carboxylic acids is 2. The number of hydrogen-bond acceptors (Lipinski definition) is 4. The van der Waals surface area contributed by atoms with Crippen molar-refractivity contribution >= 4 is 25.7 Å². The molecule has 0 aromatic heterocycles. The first-order valence-corrected chi connectivity index (χ1v) is 10.1. The minimum absolute atomic E-state index is 0.240. The Hall–Kier alpha value is -2.76. The van der Waals surface area contributed by atoms with Crippen LogP contribution in [0.1, 0.15) is 30.0 Å². The largest absolute Gasteiger partial charge is 0.512 e. The van der Waals surface area contributed by atoms with Gasteiger partial charge in [-0.2, -0.15) is 4.89 Å². The molecule has 4 N–H and O–H groups in total. The van der Waals surface area contributed by atoms with Crippen molar-refractivity contribution in [1.82, 2.24) is 0 Å². The molecular weight excluding hydrogens is 381 g/mol. The molecule has 0 fully saturated rings. The molecule has 2 aromatic carbocycles. The van der Waals surface area contributed by atoms with Crippen molar-refractivity contribution in [3.05, 3.63) is 65.7 Å². The zero-order chi connectivity index (χ0) is 20.7. The molecule has 2 rings (SSSR count). The van der Waals surface area contributed by atoms with Crippen molar-refractivity contribution in [1.29, 1.82) is 0 Å². The Kier molecular flexibility index (Phi) is 7.67. The SMILES string of the molecule is Cc1ccccc1NC(c1ccccc1)C(C(CCC(=O)O)C(=O)O)[P+](=O)O. The van der Waals surface area contributed by atoms with Crippen molar-refractivity contribution in [3.8, 4) is 0 Å². The molecule has 0 spiro atoms. The third-order valence-electron chi connectivity index (χ3n) is 4.61. The van der Waals surface area contributed by atoms with Gasteiger partial charge >= 0.3 is 20.0 Å². The van der Waals surface area contributed by atoms with E-state index in [-0.39, 0.29) is 6.42 Å². The normalized spacial score (nSPS) is 14.6. The minimum atomic E-state index is -2.92. The average Bonchev–Trinajstić information content (AvgIpc) is 2.65. The summed E-state index contributed by atoms with van der Waals surface area (Å²) in [5, 5.41) is 21.8. The molecule has 0 saturated carbocycles. The van der Waals surface area contributed by atoms with Gasteiger partial charge in [-0.1, -0.05) is 48.5 Å². The van der Waals surface area contributed by atoms with Crippen LogP contribution in [0.2, 0.25) is 0 Å². The summed E-state index contributed by atoms with van der Waals surface area (Å²) in [7, 11) is -2.92. The lowest BCUT2D eigenvalue weighted by Gasteiger charge is -2.26. The van der Waals surface area contributed by atoms with Crippen molar-refractivity contribution in [2.45, 2.75) is 31.5 Å². The molecule has 4 atom stereocenters. The summed E-state index contributed by atoms with van der Waals surface area (Å²) in [4.78, 5) is 32.8. The fourth-order valence-corrected chi connectivity index (χ4v) is 4.25. The summed E-state index contributed by atoms with van der Waals surface area (Å²) in [5.41, 5.74) is 1.04. The highest BCUT2D eigenvalue weighted by atomic mass is 31.1. The molecule has 0 radical (unpaired) electrons. The summed E-state index contributed by atoms with van der Waals surface area (Å²) in [6, 6.07) is 15.4. The third kappa shape index (κ3) is 5.62. The summed E-state index contributed by atoms with van der Waals surface area (Å²) < 4.78 is 12.3. The van der Waals surface area contributed by atoms with Gasteiger partial charge in [0.1, 0.15) is 12.0 Å². The number of para-hydroxylation sites is 1. The highest BCUT2D eigenvalue weighted by Crippen LogP contribution is 2.42. The number of aryl methyl sites for hydroxylation is 1. The van der Waals surface area contributed by atoms with E-state index in [1.807, 2.05) is 25.1 Å². The van der Waals surface area contributed by atoms with Gasteiger partial charge in [0.2, 0.25) is 5.66 Å². The molecule has 28 heavy (non-hydrogen) atoms. The Morgan fingerprint density at radius 2 is 1.64 bits per heavy atom. The summed E-state index contributed by atoms with van der Waals surface area (Å²) in [6.07, 6.45) is -0.641. The van der Waals surface area contributed by atoms with Gasteiger partial charge in [-0.15, -0.1) is 0 Å². The molecule has 148 valence electrons. The van der Waals surface area contributed by atoms with Crippen molar-refractivity contribution < 1.29 is 29.3 Å². The van der Waals surface area contributed by atoms with Crippen LogP contribution in [0.5, 0.6) is 0 Å². The molecular formula is C20H23NO6P+. The Balaban J connectivity index is 2.49. The van der Waals surface area contributed by atoms with Crippen LogP contribution < -0.4 is 5.32 Å². The molecule has 0 saturated heterocycles. The van der Waals surface area contributed by atoms with E-state index in [1.165, 1.54) is 0 Å².